The number of hydrogen-bond donors (Lipinski definition) is 2. The van der Waals surface area contributed by atoms with Crippen molar-refractivity contribution in [2.24, 2.45) is 0 Å². The average Bonchev–Trinajstić information content (AvgIpc) is 2.50. The minimum atomic E-state index is -0.744. The number of esters is 1. The maximum atomic E-state index is 11.7. The Morgan fingerprint density at radius 1 is 1.28 bits per heavy atom. The largest absolute Gasteiger partial charge is 0.459 e. The molecule has 0 aliphatic carbocycles. The smallest absolute Gasteiger partial charge is 0.333 e. The normalized spacial score (nSPS) is 40.9. The topological polar surface area (TPSA) is 70.0 Å². The van der Waals surface area contributed by atoms with Gasteiger partial charge in [0, 0.05) is 30.5 Å². The molecule has 18 heavy (non-hydrogen) atoms. The minimum Gasteiger partial charge on any atom is -0.459 e. The monoisotopic (exact) mass is 255 g/mol. The molecule has 0 aromatic rings. The lowest BCUT2D eigenvalue weighted by atomic mass is 10.00. The quantitative estimate of drug-likeness (QED) is 0.539. The Balaban J connectivity index is 2.02. The van der Waals surface area contributed by atoms with E-state index in [0.717, 1.165) is 0 Å². The van der Waals surface area contributed by atoms with Crippen LogP contribution in [0.4, 0.5) is 0 Å². The third-order valence-corrected chi connectivity index (χ3v) is 4.22. The number of allylic oxidation sites excluding steroid dienone is 1. The zero-order valence-electron chi connectivity index (χ0n) is 11.0. The van der Waals surface area contributed by atoms with Gasteiger partial charge in [-0.3, -0.25) is 4.90 Å². The van der Waals surface area contributed by atoms with Gasteiger partial charge < -0.3 is 14.9 Å². The Morgan fingerprint density at radius 3 is 2.22 bits per heavy atom. The van der Waals surface area contributed by atoms with E-state index in [2.05, 4.69) is 0 Å². The van der Waals surface area contributed by atoms with Crippen molar-refractivity contribution in [3.63, 3.8) is 0 Å². The summed E-state index contributed by atoms with van der Waals surface area (Å²) in [6.45, 7) is 3.51. The van der Waals surface area contributed by atoms with E-state index in [1.54, 1.807) is 19.9 Å². The van der Waals surface area contributed by atoms with Gasteiger partial charge in [-0.25, -0.2) is 4.79 Å². The molecule has 0 aromatic heterocycles. The van der Waals surface area contributed by atoms with E-state index in [0.29, 0.717) is 18.4 Å². The Labute approximate surface area is 107 Å². The molecule has 0 saturated carbocycles. The molecular weight excluding hydrogens is 234 g/mol. The van der Waals surface area contributed by atoms with E-state index >= 15 is 0 Å². The molecule has 2 fully saturated rings. The van der Waals surface area contributed by atoms with Crippen molar-refractivity contribution in [3.05, 3.63) is 11.6 Å². The molecule has 0 spiro atoms. The molecule has 2 bridgehead atoms. The third-order valence-electron chi connectivity index (χ3n) is 4.22. The highest BCUT2D eigenvalue weighted by atomic mass is 16.5. The molecule has 2 heterocycles. The number of piperidine rings is 1. The standard InChI is InChI=1S/C13H21NO4/c1-4-7(2)13(17)18-8-5-9-11(15)12(16)10(6-8)14(9)3/h4,8-12,15-16H,5-6H2,1-3H3/b7-4+/t8-,9?,10?,11-,12+. The molecule has 0 amide bonds. The van der Waals surface area contributed by atoms with Gasteiger partial charge in [0.15, 0.2) is 0 Å². The van der Waals surface area contributed by atoms with Gasteiger partial charge in [0.2, 0.25) is 0 Å². The molecule has 2 aliphatic rings. The van der Waals surface area contributed by atoms with Crippen LogP contribution in [0.3, 0.4) is 0 Å². The van der Waals surface area contributed by atoms with Crippen molar-refractivity contribution < 1.29 is 19.7 Å². The molecule has 5 nitrogen and oxygen atoms in total. The van der Waals surface area contributed by atoms with Crippen LogP contribution in [0.1, 0.15) is 26.7 Å². The Bertz CT molecular complexity index is 342. The second kappa shape index (κ2) is 4.99. The molecule has 0 aromatic carbocycles. The van der Waals surface area contributed by atoms with Gasteiger partial charge in [-0.2, -0.15) is 0 Å². The first-order valence-electron chi connectivity index (χ1n) is 6.37. The van der Waals surface area contributed by atoms with Gasteiger partial charge in [0.05, 0.1) is 12.2 Å². The second-order valence-corrected chi connectivity index (χ2v) is 5.25. The van der Waals surface area contributed by atoms with Crippen LogP contribution >= 0.6 is 0 Å². The summed E-state index contributed by atoms with van der Waals surface area (Å²) in [7, 11) is 1.89. The number of aliphatic hydroxyl groups excluding tert-OH is 2. The van der Waals surface area contributed by atoms with E-state index in [9.17, 15) is 15.0 Å². The predicted molar refractivity (Wildman–Crippen MR) is 65.9 cm³/mol. The van der Waals surface area contributed by atoms with Gasteiger partial charge >= 0.3 is 5.97 Å². The van der Waals surface area contributed by atoms with Gasteiger partial charge in [-0.05, 0) is 20.9 Å². The number of rotatable bonds is 2. The highest BCUT2D eigenvalue weighted by Crippen LogP contribution is 2.36. The number of hydrogen-bond acceptors (Lipinski definition) is 5. The van der Waals surface area contributed by atoms with Gasteiger partial charge in [0.1, 0.15) is 6.10 Å². The highest BCUT2D eigenvalue weighted by Gasteiger charge is 2.51. The van der Waals surface area contributed by atoms with Crippen molar-refractivity contribution in [1.82, 2.24) is 4.90 Å². The fourth-order valence-corrected chi connectivity index (χ4v) is 2.89. The summed E-state index contributed by atoms with van der Waals surface area (Å²) in [6.07, 6.45) is 1.17. The zero-order valence-corrected chi connectivity index (χ0v) is 11.0. The second-order valence-electron chi connectivity index (χ2n) is 5.25. The summed E-state index contributed by atoms with van der Waals surface area (Å²) in [5.74, 6) is -0.310. The molecule has 0 radical (unpaired) electrons. The van der Waals surface area contributed by atoms with Crippen molar-refractivity contribution in [2.75, 3.05) is 7.05 Å². The van der Waals surface area contributed by atoms with Crippen LogP contribution in [-0.2, 0) is 9.53 Å². The Morgan fingerprint density at radius 2 is 1.78 bits per heavy atom. The molecule has 102 valence electrons. The van der Waals surface area contributed by atoms with Crippen LogP contribution in [0.15, 0.2) is 11.6 Å². The number of likely N-dealkylation sites (N-methyl/N-ethyl adjacent to an activating group) is 1. The number of ether oxygens (including phenoxy) is 1. The van der Waals surface area contributed by atoms with Crippen molar-refractivity contribution in [2.45, 2.75) is 57.1 Å². The number of fused-ring (bicyclic) bond motifs is 2. The fraction of sp³-hybridized carbons (Fsp3) is 0.769. The predicted octanol–water partition coefficient (Wildman–Crippen LogP) is 0.0626. The maximum Gasteiger partial charge on any atom is 0.333 e. The number of aliphatic hydroxyl groups is 2. The first-order chi connectivity index (χ1) is 8.45. The van der Waals surface area contributed by atoms with E-state index in [1.165, 1.54) is 0 Å². The summed E-state index contributed by atoms with van der Waals surface area (Å²) in [4.78, 5) is 13.7. The Hall–Kier alpha value is -0.910. The first kappa shape index (κ1) is 13.5. The SMILES string of the molecule is C/C=C(\C)C(=O)O[C@@H]1CC2[C@@H](O)[C@@H](O)C(C1)N2C. The maximum absolute atomic E-state index is 11.7. The number of nitrogens with zero attached hydrogens (tertiary/aromatic N) is 1. The van der Waals surface area contributed by atoms with Crippen LogP contribution in [0.25, 0.3) is 0 Å². The lowest BCUT2D eigenvalue weighted by molar-refractivity contribution is -0.148. The van der Waals surface area contributed by atoms with Gasteiger partial charge in [-0.15, -0.1) is 0 Å². The highest BCUT2D eigenvalue weighted by molar-refractivity contribution is 5.87. The van der Waals surface area contributed by atoms with Crippen LogP contribution < -0.4 is 0 Å². The summed E-state index contributed by atoms with van der Waals surface area (Å²) in [6, 6.07) is -0.245. The van der Waals surface area contributed by atoms with E-state index < -0.39 is 12.2 Å². The minimum absolute atomic E-state index is 0.123. The average molecular weight is 255 g/mol. The van der Waals surface area contributed by atoms with Crippen molar-refractivity contribution in [1.29, 1.82) is 0 Å². The summed E-state index contributed by atoms with van der Waals surface area (Å²) < 4.78 is 5.41. The Kier molecular flexibility index (Phi) is 3.75. The molecular formula is C13H21NO4. The van der Waals surface area contributed by atoms with Crippen molar-refractivity contribution >= 4 is 5.97 Å². The summed E-state index contributed by atoms with van der Waals surface area (Å²) in [5.41, 5.74) is 0.586. The van der Waals surface area contributed by atoms with Crippen molar-refractivity contribution in [3.8, 4) is 0 Å². The van der Waals surface area contributed by atoms with E-state index in [-0.39, 0.29) is 24.2 Å². The third kappa shape index (κ3) is 2.18. The van der Waals surface area contributed by atoms with Gasteiger partial charge in [0.25, 0.3) is 0 Å². The molecule has 2 N–H and O–H groups in total. The van der Waals surface area contributed by atoms with E-state index in [4.69, 9.17) is 4.74 Å². The lowest BCUT2D eigenvalue weighted by Crippen LogP contribution is -2.46. The van der Waals surface area contributed by atoms with E-state index in [1.807, 2.05) is 11.9 Å². The van der Waals surface area contributed by atoms with Crippen LogP contribution in [0.5, 0.6) is 0 Å². The van der Waals surface area contributed by atoms with Crippen LogP contribution in [0, 0.1) is 0 Å². The fourth-order valence-electron chi connectivity index (χ4n) is 2.89. The molecule has 2 saturated heterocycles. The first-order valence-corrected chi connectivity index (χ1v) is 6.37. The summed E-state index contributed by atoms with van der Waals surface area (Å²) in [5, 5.41) is 19.8. The number of carbonyl (C=O) groups is 1. The molecule has 2 rings (SSSR count). The molecule has 2 aliphatic heterocycles. The van der Waals surface area contributed by atoms with Crippen LogP contribution in [0.2, 0.25) is 0 Å². The number of carbonyl (C=O) groups excluding carboxylic acids is 1. The zero-order chi connectivity index (χ0) is 13.4. The van der Waals surface area contributed by atoms with Gasteiger partial charge in [-0.1, -0.05) is 6.08 Å². The molecule has 5 heteroatoms. The lowest BCUT2D eigenvalue weighted by Gasteiger charge is -2.35. The summed E-state index contributed by atoms with van der Waals surface area (Å²) >= 11 is 0. The molecule has 2 unspecified atom stereocenters. The molecule has 5 atom stereocenters. The van der Waals surface area contributed by atoms with Crippen LogP contribution in [-0.4, -0.2) is 58.5 Å².